The molecule has 1 aromatic heterocycles. The van der Waals surface area contributed by atoms with Gasteiger partial charge in [0.05, 0.1) is 11.3 Å². The maximum Gasteiger partial charge on any atom is 0.234 e. The fourth-order valence-corrected chi connectivity index (χ4v) is 2.90. The van der Waals surface area contributed by atoms with E-state index >= 15 is 0 Å². The SMILES string of the molecule is N#Cc1ccc(C2CC2)nc1SCC(=O)Nc1ccc(F)cc1. The van der Waals surface area contributed by atoms with Crippen LogP contribution in [0.15, 0.2) is 41.4 Å². The Hall–Kier alpha value is -2.39. The van der Waals surface area contributed by atoms with E-state index in [1.807, 2.05) is 6.07 Å². The van der Waals surface area contributed by atoms with Crippen molar-refractivity contribution in [2.24, 2.45) is 0 Å². The van der Waals surface area contributed by atoms with Gasteiger partial charge in [0.1, 0.15) is 16.9 Å². The lowest BCUT2D eigenvalue weighted by Crippen LogP contribution is -2.14. The molecule has 0 unspecified atom stereocenters. The minimum atomic E-state index is -0.350. The molecule has 1 amide bonds. The quantitative estimate of drug-likeness (QED) is 0.850. The number of hydrogen-bond donors (Lipinski definition) is 1. The summed E-state index contributed by atoms with van der Waals surface area (Å²) in [5, 5.41) is 12.4. The third-order valence-corrected chi connectivity index (χ3v) is 4.46. The van der Waals surface area contributed by atoms with Gasteiger partial charge in [-0.2, -0.15) is 5.26 Å². The fraction of sp³-hybridized carbons (Fsp3) is 0.235. The van der Waals surface area contributed by atoms with E-state index in [4.69, 9.17) is 5.26 Å². The van der Waals surface area contributed by atoms with Gasteiger partial charge in [0.25, 0.3) is 0 Å². The van der Waals surface area contributed by atoms with Crippen molar-refractivity contribution in [2.75, 3.05) is 11.1 Å². The first kappa shape index (κ1) is 15.5. The smallest absolute Gasteiger partial charge is 0.234 e. The molecule has 0 radical (unpaired) electrons. The van der Waals surface area contributed by atoms with Gasteiger partial charge >= 0.3 is 0 Å². The van der Waals surface area contributed by atoms with E-state index in [2.05, 4.69) is 16.4 Å². The third-order valence-electron chi connectivity index (χ3n) is 3.47. The van der Waals surface area contributed by atoms with Gasteiger partial charge in [-0.1, -0.05) is 11.8 Å². The van der Waals surface area contributed by atoms with Crippen molar-refractivity contribution >= 4 is 23.4 Å². The van der Waals surface area contributed by atoms with E-state index in [0.717, 1.165) is 18.5 Å². The van der Waals surface area contributed by atoms with Crippen LogP contribution in [0.3, 0.4) is 0 Å². The highest BCUT2D eigenvalue weighted by Crippen LogP contribution is 2.39. The molecule has 1 heterocycles. The van der Waals surface area contributed by atoms with E-state index < -0.39 is 0 Å². The van der Waals surface area contributed by atoms with Gasteiger partial charge in [-0.05, 0) is 49.2 Å². The van der Waals surface area contributed by atoms with Crippen LogP contribution in [-0.2, 0) is 4.79 Å². The van der Waals surface area contributed by atoms with Crippen LogP contribution in [0.1, 0.15) is 30.0 Å². The molecule has 2 aromatic rings. The number of nitriles is 1. The minimum absolute atomic E-state index is 0.146. The van der Waals surface area contributed by atoms with E-state index in [0.29, 0.717) is 22.2 Å². The van der Waals surface area contributed by atoms with Crippen LogP contribution in [-0.4, -0.2) is 16.6 Å². The number of thioether (sulfide) groups is 1. The Morgan fingerprint density at radius 3 is 2.70 bits per heavy atom. The average molecular weight is 327 g/mol. The summed E-state index contributed by atoms with van der Waals surface area (Å²) in [6.07, 6.45) is 2.27. The second-order valence-electron chi connectivity index (χ2n) is 5.32. The second kappa shape index (κ2) is 6.80. The number of nitrogens with zero attached hydrogens (tertiary/aromatic N) is 2. The van der Waals surface area contributed by atoms with E-state index in [1.54, 1.807) is 6.07 Å². The highest BCUT2D eigenvalue weighted by atomic mass is 32.2. The Bertz CT molecular complexity index is 766. The Morgan fingerprint density at radius 1 is 1.30 bits per heavy atom. The normalized spacial score (nSPS) is 13.4. The van der Waals surface area contributed by atoms with Crippen molar-refractivity contribution in [1.82, 2.24) is 4.98 Å². The predicted molar refractivity (Wildman–Crippen MR) is 86.7 cm³/mol. The van der Waals surface area contributed by atoms with Gasteiger partial charge in [-0.25, -0.2) is 9.37 Å². The predicted octanol–water partition coefficient (Wildman–Crippen LogP) is 3.70. The molecule has 3 rings (SSSR count). The van der Waals surface area contributed by atoms with Gasteiger partial charge in [0.15, 0.2) is 0 Å². The second-order valence-corrected chi connectivity index (χ2v) is 6.28. The zero-order valence-corrected chi connectivity index (χ0v) is 13.1. The van der Waals surface area contributed by atoms with Crippen molar-refractivity contribution in [1.29, 1.82) is 5.26 Å². The molecule has 1 aromatic carbocycles. The molecule has 23 heavy (non-hydrogen) atoms. The summed E-state index contributed by atoms with van der Waals surface area (Å²) in [6, 6.07) is 11.3. The van der Waals surface area contributed by atoms with Crippen LogP contribution in [0, 0.1) is 17.1 Å². The number of halogens is 1. The van der Waals surface area contributed by atoms with Crippen molar-refractivity contribution in [3.63, 3.8) is 0 Å². The van der Waals surface area contributed by atoms with Crippen LogP contribution in [0.5, 0.6) is 0 Å². The first-order valence-electron chi connectivity index (χ1n) is 7.25. The van der Waals surface area contributed by atoms with Crippen LogP contribution in [0.4, 0.5) is 10.1 Å². The summed E-state index contributed by atoms with van der Waals surface area (Å²) < 4.78 is 12.8. The van der Waals surface area contributed by atoms with Gasteiger partial charge in [-0.3, -0.25) is 4.79 Å². The van der Waals surface area contributed by atoms with Gasteiger partial charge in [0.2, 0.25) is 5.91 Å². The molecule has 0 atom stereocenters. The monoisotopic (exact) mass is 327 g/mol. The molecule has 1 fully saturated rings. The molecule has 4 nitrogen and oxygen atoms in total. The Labute approximate surface area is 137 Å². The van der Waals surface area contributed by atoms with E-state index in [-0.39, 0.29) is 17.5 Å². The number of carbonyl (C=O) groups is 1. The molecular weight excluding hydrogens is 313 g/mol. The Balaban J connectivity index is 1.63. The first-order chi connectivity index (χ1) is 11.2. The van der Waals surface area contributed by atoms with Crippen molar-refractivity contribution in [3.8, 4) is 6.07 Å². The lowest BCUT2D eigenvalue weighted by Gasteiger charge is -2.07. The number of anilines is 1. The third kappa shape index (κ3) is 4.08. The van der Waals surface area contributed by atoms with E-state index in [9.17, 15) is 9.18 Å². The summed E-state index contributed by atoms with van der Waals surface area (Å²) in [5.41, 5.74) is 2.01. The number of amides is 1. The number of carbonyl (C=O) groups excluding carboxylic acids is 1. The number of pyridine rings is 1. The fourth-order valence-electron chi connectivity index (χ4n) is 2.12. The molecule has 0 spiro atoms. The average Bonchev–Trinajstić information content (AvgIpc) is 3.40. The molecule has 0 saturated heterocycles. The molecule has 1 aliphatic rings. The lowest BCUT2D eigenvalue weighted by molar-refractivity contribution is -0.113. The highest BCUT2D eigenvalue weighted by Gasteiger charge is 2.25. The highest BCUT2D eigenvalue weighted by molar-refractivity contribution is 8.00. The molecule has 0 aliphatic heterocycles. The molecule has 116 valence electrons. The number of hydrogen-bond acceptors (Lipinski definition) is 4. The van der Waals surface area contributed by atoms with Gasteiger partial charge in [0, 0.05) is 17.3 Å². The lowest BCUT2D eigenvalue weighted by atomic mass is 10.2. The zero-order valence-electron chi connectivity index (χ0n) is 12.3. The number of rotatable bonds is 5. The van der Waals surface area contributed by atoms with Crippen molar-refractivity contribution in [2.45, 2.75) is 23.8 Å². The summed E-state index contributed by atoms with van der Waals surface area (Å²) in [5.74, 6) is 0.0732. The van der Waals surface area contributed by atoms with Crippen LogP contribution in [0.2, 0.25) is 0 Å². The van der Waals surface area contributed by atoms with Gasteiger partial charge in [-0.15, -0.1) is 0 Å². The topological polar surface area (TPSA) is 65.8 Å². The zero-order chi connectivity index (χ0) is 16.2. The molecule has 1 aliphatic carbocycles. The molecule has 1 saturated carbocycles. The summed E-state index contributed by atoms with van der Waals surface area (Å²) in [4.78, 5) is 16.5. The molecule has 1 N–H and O–H groups in total. The minimum Gasteiger partial charge on any atom is -0.325 e. The van der Waals surface area contributed by atoms with E-state index in [1.165, 1.54) is 36.0 Å². The van der Waals surface area contributed by atoms with Crippen LogP contribution in [0.25, 0.3) is 0 Å². The molecule has 6 heteroatoms. The Kier molecular flexibility index (Phi) is 4.58. The maximum absolute atomic E-state index is 12.8. The molecule has 0 bridgehead atoms. The Morgan fingerprint density at radius 2 is 2.04 bits per heavy atom. The number of aromatic nitrogens is 1. The maximum atomic E-state index is 12.8. The summed E-state index contributed by atoms with van der Waals surface area (Å²) >= 11 is 1.24. The van der Waals surface area contributed by atoms with Crippen LogP contribution < -0.4 is 5.32 Å². The number of benzene rings is 1. The van der Waals surface area contributed by atoms with Gasteiger partial charge < -0.3 is 5.32 Å². The summed E-state index contributed by atoms with van der Waals surface area (Å²) in [6.45, 7) is 0. The first-order valence-corrected chi connectivity index (χ1v) is 8.23. The van der Waals surface area contributed by atoms with Crippen molar-refractivity contribution < 1.29 is 9.18 Å². The largest absolute Gasteiger partial charge is 0.325 e. The van der Waals surface area contributed by atoms with Crippen molar-refractivity contribution in [3.05, 3.63) is 53.5 Å². The molecular formula is C17H14FN3OS. The number of nitrogens with one attached hydrogen (secondary N) is 1. The summed E-state index contributed by atoms with van der Waals surface area (Å²) in [7, 11) is 0. The standard InChI is InChI=1S/C17H14FN3OS/c18-13-4-6-14(7-5-13)20-16(22)10-23-17-12(9-19)3-8-15(21-17)11-1-2-11/h3-8,11H,1-2,10H2,(H,20,22). The van der Waals surface area contributed by atoms with Crippen LogP contribution >= 0.6 is 11.8 Å².